The minimum absolute atomic E-state index is 0. The lowest BCUT2D eigenvalue weighted by Crippen LogP contribution is -2.41. The number of ether oxygens (including phenoxy) is 1. The molecule has 1 fully saturated rings. The standard InChI is InChI=1S/C20H34N4O.HI/c1-5-16-9-11-17(12-10-16)19(24(3)4)15-23-20(21-6-2)22-14-18-8-7-13-25-18;/h9-12,18-19H,5-8,13-15H2,1-4H3,(H2,21,22,23);1H. The van der Waals surface area contributed by atoms with Crippen LogP contribution in [0.15, 0.2) is 29.3 Å². The first-order valence-corrected chi connectivity index (χ1v) is 9.53. The van der Waals surface area contributed by atoms with Crippen molar-refractivity contribution in [2.75, 3.05) is 40.3 Å². The Balaban J connectivity index is 0.00000338. The molecule has 0 spiro atoms. The van der Waals surface area contributed by atoms with Crippen LogP contribution in [0.4, 0.5) is 0 Å². The number of aliphatic imine (C=N–C) groups is 1. The minimum Gasteiger partial charge on any atom is -0.376 e. The molecule has 0 amide bonds. The lowest BCUT2D eigenvalue weighted by Gasteiger charge is -2.24. The molecule has 1 saturated heterocycles. The first-order chi connectivity index (χ1) is 12.1. The summed E-state index contributed by atoms with van der Waals surface area (Å²) in [7, 11) is 4.22. The van der Waals surface area contributed by atoms with Gasteiger partial charge < -0.3 is 20.3 Å². The summed E-state index contributed by atoms with van der Waals surface area (Å²) in [5.41, 5.74) is 2.68. The van der Waals surface area contributed by atoms with Crippen LogP contribution in [-0.4, -0.2) is 57.3 Å². The monoisotopic (exact) mass is 474 g/mol. The Bertz CT molecular complexity index is 527. The van der Waals surface area contributed by atoms with E-state index in [4.69, 9.17) is 9.73 Å². The zero-order chi connectivity index (χ0) is 18.1. The number of rotatable bonds is 8. The van der Waals surface area contributed by atoms with E-state index in [9.17, 15) is 0 Å². The molecule has 1 aromatic rings. The second kappa shape index (κ2) is 12.5. The highest BCUT2D eigenvalue weighted by atomic mass is 127. The van der Waals surface area contributed by atoms with Gasteiger partial charge in [0.1, 0.15) is 0 Å². The third-order valence-electron chi connectivity index (χ3n) is 4.68. The number of likely N-dealkylation sites (N-methyl/N-ethyl adjacent to an activating group) is 1. The topological polar surface area (TPSA) is 48.9 Å². The minimum atomic E-state index is 0. The van der Waals surface area contributed by atoms with Crippen LogP contribution in [0, 0.1) is 0 Å². The number of guanidine groups is 1. The first-order valence-electron chi connectivity index (χ1n) is 9.53. The maximum absolute atomic E-state index is 5.68. The van der Waals surface area contributed by atoms with Gasteiger partial charge in [-0.3, -0.25) is 4.99 Å². The Morgan fingerprint density at radius 2 is 1.96 bits per heavy atom. The van der Waals surface area contributed by atoms with E-state index in [0.717, 1.165) is 51.5 Å². The van der Waals surface area contributed by atoms with Gasteiger partial charge in [0.2, 0.25) is 0 Å². The quantitative estimate of drug-likeness (QED) is 0.345. The summed E-state index contributed by atoms with van der Waals surface area (Å²) in [4.78, 5) is 7.04. The first kappa shape index (κ1) is 23.2. The number of benzene rings is 1. The fraction of sp³-hybridized carbons (Fsp3) is 0.650. The van der Waals surface area contributed by atoms with Crippen LogP contribution in [0.3, 0.4) is 0 Å². The Hall–Kier alpha value is -0.860. The molecule has 0 aromatic heterocycles. The fourth-order valence-corrected chi connectivity index (χ4v) is 3.08. The van der Waals surface area contributed by atoms with E-state index in [1.54, 1.807) is 0 Å². The van der Waals surface area contributed by atoms with Crippen LogP contribution in [0.5, 0.6) is 0 Å². The molecular formula is C20H35IN4O. The van der Waals surface area contributed by atoms with Gasteiger partial charge >= 0.3 is 0 Å². The lowest BCUT2D eigenvalue weighted by molar-refractivity contribution is 0.114. The summed E-state index contributed by atoms with van der Waals surface area (Å²) in [6.45, 7) is 7.57. The maximum atomic E-state index is 5.68. The molecule has 2 atom stereocenters. The Morgan fingerprint density at radius 3 is 2.50 bits per heavy atom. The highest BCUT2D eigenvalue weighted by molar-refractivity contribution is 14.0. The molecule has 0 aliphatic carbocycles. The molecule has 148 valence electrons. The van der Waals surface area contributed by atoms with Crippen molar-refractivity contribution in [2.45, 2.75) is 45.3 Å². The van der Waals surface area contributed by atoms with Gasteiger partial charge in [0, 0.05) is 19.7 Å². The third-order valence-corrected chi connectivity index (χ3v) is 4.68. The van der Waals surface area contributed by atoms with E-state index >= 15 is 0 Å². The van der Waals surface area contributed by atoms with Crippen LogP contribution >= 0.6 is 24.0 Å². The molecule has 1 aliphatic rings. The number of hydrogen-bond acceptors (Lipinski definition) is 3. The lowest BCUT2D eigenvalue weighted by atomic mass is 10.0. The van der Waals surface area contributed by atoms with Crippen LogP contribution in [0.25, 0.3) is 0 Å². The summed E-state index contributed by atoms with van der Waals surface area (Å²) >= 11 is 0. The van der Waals surface area contributed by atoms with Crippen LogP contribution in [0.2, 0.25) is 0 Å². The second-order valence-corrected chi connectivity index (χ2v) is 6.81. The van der Waals surface area contributed by atoms with Crippen molar-refractivity contribution in [3.63, 3.8) is 0 Å². The SMILES string of the molecule is CCNC(=NCC(c1ccc(CC)cc1)N(C)C)NCC1CCCO1.I. The Morgan fingerprint density at radius 1 is 1.23 bits per heavy atom. The maximum Gasteiger partial charge on any atom is 0.191 e. The molecule has 2 unspecified atom stereocenters. The average molecular weight is 474 g/mol. The number of nitrogens with zero attached hydrogens (tertiary/aromatic N) is 2. The average Bonchev–Trinajstić information content (AvgIpc) is 3.13. The molecule has 6 heteroatoms. The molecule has 0 radical (unpaired) electrons. The van der Waals surface area contributed by atoms with Crippen molar-refractivity contribution in [1.29, 1.82) is 0 Å². The summed E-state index contributed by atoms with van der Waals surface area (Å²) in [5, 5.41) is 6.76. The van der Waals surface area contributed by atoms with Gasteiger partial charge in [-0.1, -0.05) is 31.2 Å². The van der Waals surface area contributed by atoms with Gasteiger partial charge in [0.25, 0.3) is 0 Å². The Kier molecular flexibility index (Phi) is 11.2. The van der Waals surface area contributed by atoms with Gasteiger partial charge in [-0.15, -0.1) is 24.0 Å². The highest BCUT2D eigenvalue weighted by Gasteiger charge is 2.17. The predicted octanol–water partition coefficient (Wildman–Crippen LogP) is 3.20. The molecule has 1 aromatic carbocycles. The molecule has 2 rings (SSSR count). The van der Waals surface area contributed by atoms with Gasteiger partial charge in [-0.2, -0.15) is 0 Å². The number of aryl methyl sites for hydroxylation is 1. The van der Waals surface area contributed by atoms with E-state index in [1.165, 1.54) is 11.1 Å². The van der Waals surface area contributed by atoms with Crippen LogP contribution in [0.1, 0.15) is 43.9 Å². The molecule has 5 nitrogen and oxygen atoms in total. The second-order valence-electron chi connectivity index (χ2n) is 6.81. The predicted molar refractivity (Wildman–Crippen MR) is 121 cm³/mol. The Labute approximate surface area is 176 Å². The van der Waals surface area contributed by atoms with Crippen LogP contribution in [-0.2, 0) is 11.2 Å². The summed E-state index contributed by atoms with van der Waals surface area (Å²) in [6, 6.07) is 9.16. The van der Waals surface area contributed by atoms with E-state index in [2.05, 4.69) is 67.7 Å². The number of nitrogens with one attached hydrogen (secondary N) is 2. The van der Waals surface area contributed by atoms with E-state index < -0.39 is 0 Å². The molecule has 1 heterocycles. The van der Waals surface area contributed by atoms with Crippen molar-refractivity contribution in [1.82, 2.24) is 15.5 Å². The smallest absolute Gasteiger partial charge is 0.191 e. The van der Waals surface area contributed by atoms with Gasteiger partial charge in [0.15, 0.2) is 5.96 Å². The fourth-order valence-electron chi connectivity index (χ4n) is 3.08. The zero-order valence-corrected chi connectivity index (χ0v) is 19.0. The molecule has 0 saturated carbocycles. The normalized spacial score (nSPS) is 18.5. The molecule has 26 heavy (non-hydrogen) atoms. The van der Waals surface area contributed by atoms with Crippen LogP contribution < -0.4 is 10.6 Å². The van der Waals surface area contributed by atoms with Gasteiger partial charge in [-0.25, -0.2) is 0 Å². The van der Waals surface area contributed by atoms with Gasteiger partial charge in [0.05, 0.1) is 18.7 Å². The van der Waals surface area contributed by atoms with Crippen molar-refractivity contribution >= 4 is 29.9 Å². The highest BCUT2D eigenvalue weighted by Crippen LogP contribution is 2.19. The van der Waals surface area contributed by atoms with E-state index in [1.807, 2.05) is 0 Å². The largest absolute Gasteiger partial charge is 0.376 e. The summed E-state index contributed by atoms with van der Waals surface area (Å²) < 4.78 is 5.68. The zero-order valence-electron chi connectivity index (χ0n) is 16.6. The number of halogens is 1. The van der Waals surface area contributed by atoms with Gasteiger partial charge in [-0.05, 0) is 51.4 Å². The molecule has 2 N–H and O–H groups in total. The summed E-state index contributed by atoms with van der Waals surface area (Å²) in [6.07, 6.45) is 3.69. The molecule has 0 bridgehead atoms. The van der Waals surface area contributed by atoms with Crippen molar-refractivity contribution in [2.24, 2.45) is 4.99 Å². The van der Waals surface area contributed by atoms with E-state index in [-0.39, 0.29) is 30.0 Å². The third kappa shape index (κ3) is 7.40. The van der Waals surface area contributed by atoms with Crippen molar-refractivity contribution in [3.05, 3.63) is 35.4 Å². The van der Waals surface area contributed by atoms with Crippen molar-refractivity contribution in [3.8, 4) is 0 Å². The number of hydrogen-bond donors (Lipinski definition) is 2. The molecular weight excluding hydrogens is 439 g/mol. The van der Waals surface area contributed by atoms with E-state index in [0.29, 0.717) is 6.10 Å². The molecule has 1 aliphatic heterocycles. The van der Waals surface area contributed by atoms with Crippen molar-refractivity contribution < 1.29 is 4.74 Å². The summed E-state index contributed by atoms with van der Waals surface area (Å²) in [5.74, 6) is 0.870.